The fraction of sp³-hybridized carbons (Fsp3) is 0.562. The van der Waals surface area contributed by atoms with Crippen molar-refractivity contribution in [3.05, 3.63) is 34.9 Å². The average molecular weight is 245 g/mol. The maximum Gasteiger partial charge on any atom is 0.167 e. The van der Waals surface area contributed by atoms with Gasteiger partial charge in [-0.25, -0.2) is 0 Å². The van der Waals surface area contributed by atoms with Crippen molar-refractivity contribution >= 4 is 5.78 Å². The molecule has 0 amide bonds. The smallest absolute Gasteiger partial charge is 0.167 e. The van der Waals surface area contributed by atoms with E-state index in [2.05, 4.69) is 13.8 Å². The molecule has 1 aromatic carbocycles. The molecule has 2 nitrogen and oxygen atoms in total. The molecule has 2 N–H and O–H groups in total. The Kier molecular flexibility index (Phi) is 4.18. The van der Waals surface area contributed by atoms with Crippen LogP contribution in [-0.4, -0.2) is 11.8 Å². The van der Waals surface area contributed by atoms with Gasteiger partial charge in [0.2, 0.25) is 0 Å². The Bertz CT molecular complexity index is 439. The highest BCUT2D eigenvalue weighted by Crippen LogP contribution is 2.26. The van der Waals surface area contributed by atoms with E-state index in [-0.39, 0.29) is 17.7 Å². The second-order valence-electron chi connectivity index (χ2n) is 5.57. The van der Waals surface area contributed by atoms with Crippen LogP contribution in [0.15, 0.2) is 18.2 Å². The molecular weight excluding hydrogens is 222 g/mol. The molecule has 0 radical (unpaired) electrons. The van der Waals surface area contributed by atoms with E-state index in [1.807, 2.05) is 18.2 Å². The molecule has 98 valence electrons. The number of carbonyl (C=O) groups excluding carboxylic acids is 1. The van der Waals surface area contributed by atoms with Gasteiger partial charge in [0.25, 0.3) is 0 Å². The third-order valence-electron chi connectivity index (χ3n) is 4.20. The minimum Gasteiger partial charge on any atom is -0.327 e. The summed E-state index contributed by atoms with van der Waals surface area (Å²) in [6.45, 7) is 4.13. The van der Waals surface area contributed by atoms with E-state index in [4.69, 9.17) is 5.73 Å². The molecule has 0 bridgehead atoms. The first-order valence-electron chi connectivity index (χ1n) is 6.96. The standard InChI is InChI=1S/C16H23NO/c1-11-8-9-13(10-12(11)2)16(18)14-6-4-3-5-7-15(14)17/h8-10,14-15H,3-7,17H2,1-2H3. The van der Waals surface area contributed by atoms with Gasteiger partial charge in [0.1, 0.15) is 0 Å². The molecule has 0 heterocycles. The minimum atomic E-state index is 0.0228. The van der Waals surface area contributed by atoms with Crippen LogP contribution < -0.4 is 5.73 Å². The van der Waals surface area contributed by atoms with E-state index < -0.39 is 0 Å². The summed E-state index contributed by atoms with van der Waals surface area (Å²) in [5.41, 5.74) is 9.41. The Labute approximate surface area is 110 Å². The lowest BCUT2D eigenvalue weighted by Gasteiger charge is -2.20. The molecular formula is C16H23NO. The number of ketones is 1. The first-order chi connectivity index (χ1) is 8.59. The number of hydrogen-bond acceptors (Lipinski definition) is 2. The largest absolute Gasteiger partial charge is 0.327 e. The molecule has 0 spiro atoms. The highest BCUT2D eigenvalue weighted by Gasteiger charge is 2.27. The molecule has 1 aromatic rings. The van der Waals surface area contributed by atoms with Gasteiger partial charge in [-0.3, -0.25) is 4.79 Å². The summed E-state index contributed by atoms with van der Waals surface area (Å²) in [6, 6.07) is 6.03. The number of nitrogens with two attached hydrogens (primary N) is 1. The fourth-order valence-electron chi connectivity index (χ4n) is 2.77. The molecule has 1 fully saturated rings. The Morgan fingerprint density at radius 1 is 1.11 bits per heavy atom. The lowest BCUT2D eigenvalue weighted by molar-refractivity contribution is 0.0894. The van der Waals surface area contributed by atoms with Crippen molar-refractivity contribution in [2.75, 3.05) is 0 Å². The molecule has 18 heavy (non-hydrogen) atoms. The van der Waals surface area contributed by atoms with Crippen LogP contribution in [0.3, 0.4) is 0 Å². The number of Topliss-reactive ketones (excluding diaryl/α,β-unsaturated/α-hetero) is 1. The van der Waals surface area contributed by atoms with Gasteiger partial charge in [-0.2, -0.15) is 0 Å². The Morgan fingerprint density at radius 3 is 2.56 bits per heavy atom. The lowest BCUT2D eigenvalue weighted by atomic mass is 9.87. The second-order valence-corrected chi connectivity index (χ2v) is 5.57. The summed E-state index contributed by atoms with van der Waals surface area (Å²) in [5.74, 6) is 0.266. The fourth-order valence-corrected chi connectivity index (χ4v) is 2.77. The zero-order chi connectivity index (χ0) is 13.1. The molecule has 0 aromatic heterocycles. The van der Waals surface area contributed by atoms with E-state index in [9.17, 15) is 4.79 Å². The summed E-state index contributed by atoms with van der Waals surface area (Å²) in [5, 5.41) is 0. The third-order valence-corrected chi connectivity index (χ3v) is 4.20. The van der Waals surface area contributed by atoms with Gasteiger partial charge in [-0.15, -0.1) is 0 Å². The topological polar surface area (TPSA) is 43.1 Å². The number of carbonyl (C=O) groups is 1. The molecule has 2 atom stereocenters. The summed E-state index contributed by atoms with van der Waals surface area (Å²) in [6.07, 6.45) is 5.45. The first-order valence-corrected chi connectivity index (χ1v) is 6.96. The molecule has 1 aliphatic carbocycles. The highest BCUT2D eigenvalue weighted by molar-refractivity contribution is 5.98. The molecule has 2 rings (SSSR count). The quantitative estimate of drug-likeness (QED) is 0.641. The van der Waals surface area contributed by atoms with Gasteiger partial charge < -0.3 is 5.73 Å². The summed E-state index contributed by atoms with van der Waals surface area (Å²) < 4.78 is 0. The van der Waals surface area contributed by atoms with Gasteiger partial charge in [0.15, 0.2) is 5.78 Å². The van der Waals surface area contributed by atoms with Crippen molar-refractivity contribution in [2.45, 2.75) is 52.0 Å². The van der Waals surface area contributed by atoms with Crippen LogP contribution in [0.4, 0.5) is 0 Å². The van der Waals surface area contributed by atoms with E-state index in [0.29, 0.717) is 0 Å². The van der Waals surface area contributed by atoms with Crippen LogP contribution in [0.5, 0.6) is 0 Å². The van der Waals surface area contributed by atoms with Crippen molar-refractivity contribution in [1.29, 1.82) is 0 Å². The minimum absolute atomic E-state index is 0.0228. The monoisotopic (exact) mass is 245 g/mol. The number of hydrogen-bond donors (Lipinski definition) is 1. The van der Waals surface area contributed by atoms with Crippen molar-refractivity contribution in [2.24, 2.45) is 11.7 Å². The average Bonchev–Trinajstić information content (AvgIpc) is 2.56. The van der Waals surface area contributed by atoms with Crippen LogP contribution in [0.1, 0.15) is 53.6 Å². The van der Waals surface area contributed by atoms with Crippen LogP contribution in [0.2, 0.25) is 0 Å². The highest BCUT2D eigenvalue weighted by atomic mass is 16.1. The Hall–Kier alpha value is -1.15. The molecule has 2 heteroatoms. The van der Waals surface area contributed by atoms with Gasteiger partial charge in [-0.1, -0.05) is 31.4 Å². The number of benzene rings is 1. The maximum atomic E-state index is 12.5. The lowest BCUT2D eigenvalue weighted by Crippen LogP contribution is -2.34. The predicted molar refractivity (Wildman–Crippen MR) is 74.8 cm³/mol. The first kappa shape index (κ1) is 13.3. The van der Waals surface area contributed by atoms with E-state index >= 15 is 0 Å². The van der Waals surface area contributed by atoms with E-state index in [0.717, 1.165) is 31.2 Å². The number of aryl methyl sites for hydroxylation is 2. The van der Waals surface area contributed by atoms with Gasteiger partial charge in [0, 0.05) is 17.5 Å². The van der Waals surface area contributed by atoms with Crippen molar-refractivity contribution < 1.29 is 4.79 Å². The Morgan fingerprint density at radius 2 is 1.83 bits per heavy atom. The molecule has 1 aliphatic rings. The second kappa shape index (κ2) is 5.66. The van der Waals surface area contributed by atoms with Gasteiger partial charge in [-0.05, 0) is 43.9 Å². The normalized spacial score (nSPS) is 24.6. The summed E-state index contributed by atoms with van der Waals surface area (Å²) in [7, 11) is 0. The molecule has 0 aliphatic heterocycles. The van der Waals surface area contributed by atoms with Crippen LogP contribution >= 0.6 is 0 Å². The van der Waals surface area contributed by atoms with Crippen LogP contribution in [-0.2, 0) is 0 Å². The van der Waals surface area contributed by atoms with Crippen molar-refractivity contribution in [1.82, 2.24) is 0 Å². The van der Waals surface area contributed by atoms with Crippen molar-refractivity contribution in [3.63, 3.8) is 0 Å². The Balaban J connectivity index is 2.21. The molecule has 2 unspecified atom stereocenters. The third kappa shape index (κ3) is 2.81. The zero-order valence-corrected chi connectivity index (χ0v) is 11.4. The molecule has 1 saturated carbocycles. The summed E-state index contributed by atoms with van der Waals surface area (Å²) >= 11 is 0. The van der Waals surface area contributed by atoms with Gasteiger partial charge in [0.05, 0.1) is 0 Å². The summed E-state index contributed by atoms with van der Waals surface area (Å²) in [4.78, 5) is 12.5. The van der Waals surface area contributed by atoms with Gasteiger partial charge >= 0.3 is 0 Å². The predicted octanol–water partition coefficient (Wildman–Crippen LogP) is 3.39. The van der Waals surface area contributed by atoms with Crippen LogP contribution in [0.25, 0.3) is 0 Å². The van der Waals surface area contributed by atoms with Crippen molar-refractivity contribution in [3.8, 4) is 0 Å². The van der Waals surface area contributed by atoms with E-state index in [1.165, 1.54) is 17.5 Å². The zero-order valence-electron chi connectivity index (χ0n) is 11.4. The molecule has 0 saturated heterocycles. The SMILES string of the molecule is Cc1ccc(C(=O)C2CCCCCC2N)cc1C. The van der Waals surface area contributed by atoms with Crippen LogP contribution in [0, 0.1) is 19.8 Å². The number of rotatable bonds is 2. The maximum absolute atomic E-state index is 12.5. The van der Waals surface area contributed by atoms with E-state index in [1.54, 1.807) is 0 Å².